The van der Waals surface area contributed by atoms with Gasteiger partial charge in [0.15, 0.2) is 0 Å². The molecule has 13 rings (SSSR count). The molecule has 0 unspecified atom stereocenters. The van der Waals surface area contributed by atoms with Gasteiger partial charge in [0, 0.05) is 61.2 Å². The molecule has 0 spiro atoms. The molecule has 6 heteroatoms. The van der Waals surface area contributed by atoms with E-state index in [0.29, 0.717) is 28.2 Å². The molecule has 0 atom stereocenters. The van der Waals surface area contributed by atoms with Gasteiger partial charge in [0.2, 0.25) is 5.69 Å². The van der Waals surface area contributed by atoms with Gasteiger partial charge in [-0.25, -0.2) is 4.85 Å². The SMILES string of the molecule is [C-]#[N+]c1c(-c2ccccc2)c(C#N)c(-n2c3ccccc3c3c4c(ccc32)oc2ccccc24)c(-c2ccccc2)c1-n1c2cccc3c4ccncc4c4cccc1c4c32. The van der Waals surface area contributed by atoms with E-state index in [1.54, 1.807) is 0 Å². The molecule has 0 aliphatic carbocycles. The third-order valence-electron chi connectivity index (χ3n) is 12.6. The summed E-state index contributed by atoms with van der Waals surface area (Å²) in [5.41, 5.74) is 10.8. The summed E-state index contributed by atoms with van der Waals surface area (Å²) in [6.45, 7) is 9.16. The van der Waals surface area contributed by atoms with E-state index in [4.69, 9.17) is 11.0 Å². The van der Waals surface area contributed by atoms with Crippen LogP contribution in [0.5, 0.6) is 0 Å². The number of aromatic nitrogens is 3. The van der Waals surface area contributed by atoms with E-state index in [1.165, 1.54) is 0 Å². The van der Waals surface area contributed by atoms with Crippen molar-refractivity contribution in [1.29, 1.82) is 5.26 Å². The predicted molar refractivity (Wildman–Crippen MR) is 248 cm³/mol. The topological polar surface area (TPSA) is 64.0 Å². The molecule has 280 valence electrons. The van der Waals surface area contributed by atoms with Crippen molar-refractivity contribution in [3.8, 4) is 39.7 Å². The number of furan rings is 1. The Morgan fingerprint density at radius 2 is 1.05 bits per heavy atom. The Balaban J connectivity index is 1.32. The number of hydrogen-bond acceptors (Lipinski definition) is 3. The van der Waals surface area contributed by atoms with Gasteiger partial charge in [-0.1, -0.05) is 121 Å². The van der Waals surface area contributed by atoms with Crippen molar-refractivity contribution >= 4 is 92.8 Å². The number of nitriles is 1. The summed E-state index contributed by atoms with van der Waals surface area (Å²) in [6.07, 6.45) is 3.81. The van der Waals surface area contributed by atoms with Crippen LogP contribution in [0.15, 0.2) is 181 Å². The lowest BCUT2D eigenvalue weighted by Gasteiger charge is -2.25. The summed E-state index contributed by atoms with van der Waals surface area (Å²) >= 11 is 0. The molecular formula is C55H29N5O. The molecule has 0 saturated carbocycles. The van der Waals surface area contributed by atoms with Crippen LogP contribution in [-0.2, 0) is 0 Å². The molecular weight excluding hydrogens is 747 g/mol. The van der Waals surface area contributed by atoms with Crippen molar-refractivity contribution in [2.75, 3.05) is 0 Å². The van der Waals surface area contributed by atoms with Crippen LogP contribution < -0.4 is 0 Å². The van der Waals surface area contributed by atoms with E-state index in [2.05, 4.69) is 116 Å². The fourth-order valence-electron chi connectivity index (χ4n) is 10.3. The number of fused-ring (bicyclic) bond motifs is 10. The highest BCUT2D eigenvalue weighted by atomic mass is 16.3. The molecule has 0 bridgehead atoms. The van der Waals surface area contributed by atoms with E-state index in [-0.39, 0.29) is 0 Å². The first-order chi connectivity index (χ1) is 30.2. The van der Waals surface area contributed by atoms with Gasteiger partial charge in [-0.15, -0.1) is 0 Å². The van der Waals surface area contributed by atoms with Crippen LogP contribution in [-0.4, -0.2) is 14.1 Å². The van der Waals surface area contributed by atoms with Gasteiger partial charge in [0.1, 0.15) is 17.2 Å². The lowest BCUT2D eigenvalue weighted by molar-refractivity contribution is 0.669. The van der Waals surface area contributed by atoms with E-state index in [1.807, 2.05) is 85.2 Å². The maximum absolute atomic E-state index is 11.7. The van der Waals surface area contributed by atoms with Crippen LogP contribution in [0.3, 0.4) is 0 Å². The predicted octanol–water partition coefficient (Wildman–Crippen LogP) is 14.7. The maximum atomic E-state index is 11.7. The van der Waals surface area contributed by atoms with Crippen LogP contribution in [0.1, 0.15) is 5.56 Å². The zero-order valence-electron chi connectivity index (χ0n) is 32.4. The van der Waals surface area contributed by atoms with Crippen molar-refractivity contribution in [2.45, 2.75) is 0 Å². The summed E-state index contributed by atoms with van der Waals surface area (Å²) in [6, 6.07) is 58.7. The van der Waals surface area contributed by atoms with Crippen LogP contribution >= 0.6 is 0 Å². The molecule has 0 aliphatic heterocycles. The van der Waals surface area contributed by atoms with E-state index in [9.17, 15) is 5.26 Å². The van der Waals surface area contributed by atoms with Gasteiger partial charge in [0.05, 0.1) is 45.6 Å². The van der Waals surface area contributed by atoms with Crippen molar-refractivity contribution < 1.29 is 4.42 Å². The molecule has 0 amide bonds. The summed E-state index contributed by atoms with van der Waals surface area (Å²) in [7, 11) is 0. The summed E-state index contributed by atoms with van der Waals surface area (Å²) < 4.78 is 11.0. The second-order valence-corrected chi connectivity index (χ2v) is 15.6. The van der Waals surface area contributed by atoms with Gasteiger partial charge >= 0.3 is 0 Å². The molecule has 9 aromatic carbocycles. The molecule has 0 fully saturated rings. The second kappa shape index (κ2) is 12.4. The number of benzene rings is 9. The van der Waals surface area contributed by atoms with E-state index in [0.717, 1.165) is 104 Å². The Kier molecular flexibility index (Phi) is 6.76. The van der Waals surface area contributed by atoms with Gasteiger partial charge in [-0.2, -0.15) is 5.26 Å². The molecule has 4 heterocycles. The largest absolute Gasteiger partial charge is 0.456 e. The van der Waals surface area contributed by atoms with Crippen molar-refractivity contribution in [2.24, 2.45) is 0 Å². The lowest BCUT2D eigenvalue weighted by Crippen LogP contribution is -2.08. The Morgan fingerprint density at radius 3 is 1.77 bits per heavy atom. The Bertz CT molecular complexity index is 3980. The van der Waals surface area contributed by atoms with Gasteiger partial charge in [0.25, 0.3) is 0 Å². The van der Waals surface area contributed by atoms with Crippen LogP contribution in [0, 0.1) is 17.9 Å². The molecule has 13 aromatic rings. The minimum absolute atomic E-state index is 0.405. The Labute approximate surface area is 348 Å². The monoisotopic (exact) mass is 775 g/mol. The van der Waals surface area contributed by atoms with Crippen molar-refractivity contribution in [1.82, 2.24) is 14.1 Å². The standard InChI is InChI=1S/C55H29N5O/c1-57-53-47(32-14-4-2-5-15-32)39(30-56)54(59-41-22-10-8-18-37(41)51-44(59)26-27-46-52(51)38-19-9-11-25-45(38)61-46)48(33-16-6-3-7-17-33)55(53)60-42-23-12-20-35-34-28-29-58-31-40(34)36-21-13-24-43(60)50(36)49(35)42/h2-29,31H. The Hall–Kier alpha value is -8.71. The second-order valence-electron chi connectivity index (χ2n) is 15.6. The molecule has 0 radical (unpaired) electrons. The number of para-hydroxylation sites is 2. The highest BCUT2D eigenvalue weighted by Gasteiger charge is 2.32. The molecule has 0 saturated heterocycles. The smallest absolute Gasteiger partial charge is 0.220 e. The normalized spacial score (nSPS) is 11.9. The molecule has 0 N–H and O–H groups in total. The van der Waals surface area contributed by atoms with Gasteiger partial charge in [-0.05, 0) is 69.8 Å². The third-order valence-corrected chi connectivity index (χ3v) is 12.6. The third kappa shape index (κ3) is 4.35. The maximum Gasteiger partial charge on any atom is 0.220 e. The average Bonchev–Trinajstić information content (AvgIpc) is 3.99. The highest BCUT2D eigenvalue weighted by molar-refractivity contribution is 6.35. The number of pyridine rings is 1. The average molecular weight is 776 g/mol. The number of nitrogens with zero attached hydrogens (tertiary/aromatic N) is 5. The van der Waals surface area contributed by atoms with Gasteiger partial charge < -0.3 is 13.6 Å². The minimum Gasteiger partial charge on any atom is -0.456 e. The number of hydrogen-bond donors (Lipinski definition) is 0. The van der Waals surface area contributed by atoms with Crippen LogP contribution in [0.25, 0.3) is 126 Å². The first-order valence-corrected chi connectivity index (χ1v) is 20.2. The number of rotatable bonds is 4. The fraction of sp³-hybridized carbons (Fsp3) is 0. The van der Waals surface area contributed by atoms with E-state index < -0.39 is 0 Å². The molecule has 0 aliphatic rings. The first kappa shape index (κ1) is 33.3. The van der Waals surface area contributed by atoms with Crippen LogP contribution in [0.4, 0.5) is 5.69 Å². The fourth-order valence-corrected chi connectivity index (χ4v) is 10.3. The van der Waals surface area contributed by atoms with Crippen molar-refractivity contribution in [3.63, 3.8) is 0 Å². The van der Waals surface area contributed by atoms with Gasteiger partial charge in [-0.3, -0.25) is 4.98 Å². The Morgan fingerprint density at radius 1 is 0.475 bits per heavy atom. The summed E-state index contributed by atoms with van der Waals surface area (Å²) in [5, 5.41) is 22.5. The first-order valence-electron chi connectivity index (χ1n) is 20.2. The quantitative estimate of drug-likeness (QED) is 0.132. The summed E-state index contributed by atoms with van der Waals surface area (Å²) in [5.74, 6) is 0. The highest BCUT2D eigenvalue weighted by Crippen LogP contribution is 2.54. The molecule has 61 heavy (non-hydrogen) atoms. The lowest BCUT2D eigenvalue weighted by atomic mass is 9.88. The van der Waals surface area contributed by atoms with Crippen molar-refractivity contribution in [3.05, 3.63) is 193 Å². The van der Waals surface area contributed by atoms with Crippen LogP contribution in [0.2, 0.25) is 0 Å². The minimum atomic E-state index is 0.405. The summed E-state index contributed by atoms with van der Waals surface area (Å²) in [4.78, 5) is 9.04. The zero-order valence-corrected chi connectivity index (χ0v) is 32.4. The molecule has 6 nitrogen and oxygen atoms in total. The molecule has 4 aromatic heterocycles. The van der Waals surface area contributed by atoms with E-state index >= 15 is 0 Å². The zero-order chi connectivity index (χ0) is 40.3.